The van der Waals surface area contributed by atoms with E-state index in [-0.39, 0.29) is 5.91 Å². The molecule has 2 N–H and O–H groups in total. The predicted molar refractivity (Wildman–Crippen MR) is 41.6 cm³/mol. The maximum atomic E-state index is 9.59. The summed E-state index contributed by atoms with van der Waals surface area (Å²) in [6, 6.07) is 0. The fourth-order valence-corrected chi connectivity index (χ4v) is 0.527. The number of carbonyl (C=O) groups is 1. The molecule has 0 unspecified atom stereocenters. The molecular formula is C6H10N2OS. The molecule has 1 aromatic heterocycles. The molecule has 1 rings (SSSR count). The van der Waals surface area contributed by atoms with Gasteiger partial charge in [0.2, 0.25) is 5.91 Å². The third kappa shape index (κ3) is 7.10. The van der Waals surface area contributed by atoms with Crippen molar-refractivity contribution in [2.45, 2.75) is 13.3 Å². The largest absolute Gasteiger partial charge is 0.370 e. The van der Waals surface area contributed by atoms with E-state index >= 15 is 0 Å². The Balaban J connectivity index is 0.000000162. The summed E-state index contributed by atoms with van der Waals surface area (Å²) >= 11 is 1.60. The molecule has 1 heterocycles. The molecule has 0 saturated carbocycles. The van der Waals surface area contributed by atoms with Gasteiger partial charge in [-0.3, -0.25) is 9.78 Å². The lowest BCUT2D eigenvalue weighted by Gasteiger charge is -1.73. The number of nitrogens with zero attached hydrogens (tertiary/aromatic N) is 1. The monoisotopic (exact) mass is 158 g/mol. The molecule has 0 aliphatic carbocycles. The molecule has 1 amide bonds. The van der Waals surface area contributed by atoms with Gasteiger partial charge in [-0.25, -0.2) is 0 Å². The van der Waals surface area contributed by atoms with Gasteiger partial charge in [-0.05, 0) is 0 Å². The molecular weight excluding hydrogens is 148 g/mol. The minimum absolute atomic E-state index is 0.245. The number of amides is 1. The molecule has 0 aliphatic heterocycles. The summed E-state index contributed by atoms with van der Waals surface area (Å²) in [5, 5.41) is 1.93. The minimum Gasteiger partial charge on any atom is -0.370 e. The zero-order valence-corrected chi connectivity index (χ0v) is 6.60. The van der Waals surface area contributed by atoms with E-state index in [1.165, 1.54) is 0 Å². The first-order chi connectivity index (χ1) is 4.77. The van der Waals surface area contributed by atoms with Gasteiger partial charge in [0, 0.05) is 18.0 Å². The summed E-state index contributed by atoms with van der Waals surface area (Å²) in [4.78, 5) is 13.3. The molecule has 3 nitrogen and oxygen atoms in total. The van der Waals surface area contributed by atoms with Gasteiger partial charge in [-0.15, -0.1) is 11.3 Å². The second kappa shape index (κ2) is 6.22. The molecule has 0 bridgehead atoms. The van der Waals surface area contributed by atoms with E-state index in [4.69, 9.17) is 0 Å². The van der Waals surface area contributed by atoms with Crippen LogP contribution in [-0.2, 0) is 4.79 Å². The van der Waals surface area contributed by atoms with Crippen LogP contribution in [0.25, 0.3) is 0 Å². The quantitative estimate of drug-likeness (QED) is 0.663. The molecule has 10 heavy (non-hydrogen) atoms. The van der Waals surface area contributed by atoms with Crippen LogP contribution in [0.3, 0.4) is 0 Å². The maximum Gasteiger partial charge on any atom is 0.217 e. The van der Waals surface area contributed by atoms with E-state index in [0.29, 0.717) is 6.42 Å². The average Bonchev–Trinajstić information content (AvgIpc) is 2.43. The number of thiazole rings is 1. The molecule has 0 aliphatic rings. The van der Waals surface area contributed by atoms with Crippen LogP contribution in [0.4, 0.5) is 0 Å². The van der Waals surface area contributed by atoms with Crippen LogP contribution in [0.1, 0.15) is 13.3 Å². The molecule has 56 valence electrons. The highest BCUT2D eigenvalue weighted by Crippen LogP contribution is 1.85. The van der Waals surface area contributed by atoms with Crippen LogP contribution in [0.5, 0.6) is 0 Å². The van der Waals surface area contributed by atoms with Crippen molar-refractivity contribution in [1.29, 1.82) is 0 Å². The van der Waals surface area contributed by atoms with Crippen molar-refractivity contribution >= 4 is 17.2 Å². The van der Waals surface area contributed by atoms with Gasteiger partial charge in [-0.1, -0.05) is 6.92 Å². The van der Waals surface area contributed by atoms with Gasteiger partial charge < -0.3 is 5.73 Å². The van der Waals surface area contributed by atoms with Crippen LogP contribution >= 0.6 is 11.3 Å². The first-order valence-corrected chi connectivity index (χ1v) is 3.82. The Morgan fingerprint density at radius 3 is 2.50 bits per heavy atom. The van der Waals surface area contributed by atoms with Crippen molar-refractivity contribution in [3.05, 3.63) is 17.1 Å². The van der Waals surface area contributed by atoms with Crippen molar-refractivity contribution in [2.75, 3.05) is 0 Å². The van der Waals surface area contributed by atoms with Crippen molar-refractivity contribution < 1.29 is 4.79 Å². The van der Waals surface area contributed by atoms with E-state index in [9.17, 15) is 4.79 Å². The van der Waals surface area contributed by atoms with Crippen LogP contribution in [-0.4, -0.2) is 10.9 Å². The number of hydrogen-bond acceptors (Lipinski definition) is 3. The summed E-state index contributed by atoms with van der Waals surface area (Å²) < 4.78 is 0. The lowest BCUT2D eigenvalue weighted by atomic mass is 10.5. The number of hydrogen-bond donors (Lipinski definition) is 1. The summed E-state index contributed by atoms with van der Waals surface area (Å²) in [7, 11) is 0. The summed E-state index contributed by atoms with van der Waals surface area (Å²) in [6.07, 6.45) is 2.21. The molecule has 0 saturated heterocycles. The Kier molecular flexibility index (Phi) is 5.66. The third-order valence-corrected chi connectivity index (χ3v) is 1.22. The zero-order valence-electron chi connectivity index (χ0n) is 5.78. The standard InChI is InChI=1S/C3H7NO.C3H3NS/c1-2-3(4)5;1-2-5-3-4-1/h2H2,1H3,(H2,4,5);1-3H. The third-order valence-electron chi connectivity index (χ3n) is 0.696. The van der Waals surface area contributed by atoms with Crippen LogP contribution in [0.2, 0.25) is 0 Å². The predicted octanol–water partition coefficient (Wildman–Crippen LogP) is 1.02. The molecule has 0 radical (unpaired) electrons. The highest BCUT2D eigenvalue weighted by Gasteiger charge is 1.77. The van der Waals surface area contributed by atoms with E-state index in [0.717, 1.165) is 0 Å². The van der Waals surface area contributed by atoms with E-state index < -0.39 is 0 Å². The smallest absolute Gasteiger partial charge is 0.217 e. The molecule has 0 atom stereocenters. The fourth-order valence-electron chi connectivity index (χ4n) is 0.176. The molecule has 0 fully saturated rings. The van der Waals surface area contributed by atoms with Gasteiger partial charge in [0.15, 0.2) is 0 Å². The lowest BCUT2D eigenvalue weighted by Crippen LogP contribution is -2.06. The average molecular weight is 158 g/mol. The fraction of sp³-hybridized carbons (Fsp3) is 0.333. The molecule has 1 aromatic rings. The Morgan fingerprint density at radius 1 is 1.80 bits per heavy atom. The van der Waals surface area contributed by atoms with E-state index in [1.54, 1.807) is 30.0 Å². The highest BCUT2D eigenvalue weighted by atomic mass is 32.1. The SMILES string of the molecule is CCC(N)=O.c1cscn1. The van der Waals surface area contributed by atoms with Crippen molar-refractivity contribution in [2.24, 2.45) is 5.73 Å². The zero-order chi connectivity index (χ0) is 7.82. The Labute approximate surface area is 63.9 Å². The Hall–Kier alpha value is -0.900. The molecule has 4 heteroatoms. The van der Waals surface area contributed by atoms with Crippen LogP contribution < -0.4 is 5.73 Å². The summed E-state index contributed by atoms with van der Waals surface area (Å²) in [5.74, 6) is -0.245. The van der Waals surface area contributed by atoms with E-state index in [2.05, 4.69) is 10.7 Å². The number of carbonyl (C=O) groups excluding carboxylic acids is 1. The molecule has 0 spiro atoms. The van der Waals surface area contributed by atoms with Crippen molar-refractivity contribution in [3.63, 3.8) is 0 Å². The van der Waals surface area contributed by atoms with Crippen LogP contribution in [0, 0.1) is 0 Å². The number of primary amides is 1. The summed E-state index contributed by atoms with van der Waals surface area (Å²) in [5.41, 5.74) is 6.44. The normalized spacial score (nSPS) is 7.70. The van der Waals surface area contributed by atoms with Crippen molar-refractivity contribution in [3.8, 4) is 0 Å². The number of nitrogens with two attached hydrogens (primary N) is 1. The van der Waals surface area contributed by atoms with Crippen LogP contribution in [0.15, 0.2) is 17.1 Å². The van der Waals surface area contributed by atoms with Gasteiger partial charge in [0.25, 0.3) is 0 Å². The van der Waals surface area contributed by atoms with Gasteiger partial charge in [0.1, 0.15) is 0 Å². The first-order valence-electron chi connectivity index (χ1n) is 2.87. The topological polar surface area (TPSA) is 56.0 Å². The van der Waals surface area contributed by atoms with Gasteiger partial charge >= 0.3 is 0 Å². The van der Waals surface area contributed by atoms with Gasteiger partial charge in [-0.2, -0.15) is 0 Å². The Bertz CT molecular complexity index is 145. The second-order valence-corrected chi connectivity index (χ2v) is 2.25. The van der Waals surface area contributed by atoms with Gasteiger partial charge in [0.05, 0.1) is 5.51 Å². The minimum atomic E-state index is -0.245. The Morgan fingerprint density at radius 2 is 2.40 bits per heavy atom. The lowest BCUT2D eigenvalue weighted by molar-refractivity contribution is -0.117. The molecule has 0 aromatic carbocycles. The second-order valence-electron chi connectivity index (χ2n) is 1.50. The highest BCUT2D eigenvalue weighted by molar-refractivity contribution is 7.07. The number of rotatable bonds is 1. The first kappa shape index (κ1) is 9.10. The van der Waals surface area contributed by atoms with E-state index in [1.807, 2.05) is 5.38 Å². The summed E-state index contributed by atoms with van der Waals surface area (Å²) in [6.45, 7) is 1.72. The number of aromatic nitrogens is 1. The van der Waals surface area contributed by atoms with Crippen molar-refractivity contribution in [1.82, 2.24) is 4.98 Å². The maximum absolute atomic E-state index is 9.59.